The molecule has 0 fully saturated rings. The molecule has 0 aliphatic rings. The van der Waals surface area contributed by atoms with Crippen molar-refractivity contribution in [1.29, 1.82) is 5.26 Å². The van der Waals surface area contributed by atoms with E-state index in [0.29, 0.717) is 5.69 Å². The number of alkyl halides is 3. The van der Waals surface area contributed by atoms with Crippen molar-refractivity contribution < 1.29 is 18.0 Å². The SMILES string of the molecule is Cc1ccc(N(CCC#N)C(=O)C(C)Sc2nccc(C(F)(F)F)n2)cc1. The fraction of sp³-hybridized carbons (Fsp3) is 0.333. The second-order valence-corrected chi connectivity index (χ2v) is 7.02. The van der Waals surface area contributed by atoms with Crippen LogP contribution >= 0.6 is 11.8 Å². The summed E-state index contributed by atoms with van der Waals surface area (Å²) < 4.78 is 38.3. The van der Waals surface area contributed by atoms with E-state index in [1.807, 2.05) is 25.1 Å². The van der Waals surface area contributed by atoms with Crippen molar-refractivity contribution in [3.8, 4) is 6.07 Å². The largest absolute Gasteiger partial charge is 0.433 e. The summed E-state index contributed by atoms with van der Waals surface area (Å²) in [4.78, 5) is 21.6. The van der Waals surface area contributed by atoms with E-state index in [4.69, 9.17) is 5.26 Å². The normalized spacial score (nSPS) is 12.3. The average molecular weight is 394 g/mol. The molecule has 142 valence electrons. The van der Waals surface area contributed by atoms with E-state index >= 15 is 0 Å². The molecule has 1 aromatic carbocycles. The standard InChI is InChI=1S/C18H17F3N4OS/c1-12-4-6-14(7-5-12)25(11-3-9-22)16(26)13(2)27-17-23-10-8-15(24-17)18(19,20)21/h4-8,10,13H,3,11H2,1-2H3. The number of amides is 1. The van der Waals surface area contributed by atoms with Crippen molar-refractivity contribution in [3.63, 3.8) is 0 Å². The number of halogens is 3. The van der Waals surface area contributed by atoms with Gasteiger partial charge in [0.05, 0.1) is 17.7 Å². The third-order valence-corrected chi connectivity index (χ3v) is 4.58. The first-order valence-corrected chi connectivity index (χ1v) is 8.92. The molecule has 0 N–H and O–H groups in total. The van der Waals surface area contributed by atoms with Gasteiger partial charge in [0.15, 0.2) is 5.16 Å². The fourth-order valence-electron chi connectivity index (χ4n) is 2.24. The Labute approximate surface area is 159 Å². The maximum absolute atomic E-state index is 12.8. The second kappa shape index (κ2) is 8.86. The number of aryl methyl sites for hydroxylation is 1. The van der Waals surface area contributed by atoms with Gasteiger partial charge < -0.3 is 4.90 Å². The summed E-state index contributed by atoms with van der Waals surface area (Å²) in [6.07, 6.45) is -3.42. The lowest BCUT2D eigenvalue weighted by Gasteiger charge is -2.25. The lowest BCUT2D eigenvalue weighted by atomic mass is 10.2. The molecule has 27 heavy (non-hydrogen) atoms. The lowest BCUT2D eigenvalue weighted by Crippen LogP contribution is -2.37. The quantitative estimate of drug-likeness (QED) is 0.542. The number of hydrogen-bond donors (Lipinski definition) is 0. The minimum Gasteiger partial charge on any atom is -0.310 e. The molecule has 2 rings (SSSR count). The molecule has 0 saturated heterocycles. The first-order chi connectivity index (χ1) is 12.7. The number of aromatic nitrogens is 2. The van der Waals surface area contributed by atoms with Gasteiger partial charge in [-0.1, -0.05) is 29.5 Å². The van der Waals surface area contributed by atoms with Crippen molar-refractivity contribution >= 4 is 23.4 Å². The van der Waals surface area contributed by atoms with E-state index in [1.165, 1.54) is 4.90 Å². The van der Waals surface area contributed by atoms with Gasteiger partial charge in [0.25, 0.3) is 0 Å². The van der Waals surface area contributed by atoms with Crippen molar-refractivity contribution in [1.82, 2.24) is 9.97 Å². The van der Waals surface area contributed by atoms with Crippen LogP contribution in [-0.4, -0.2) is 27.7 Å². The number of nitriles is 1. The molecule has 9 heteroatoms. The number of benzene rings is 1. The Kier molecular flexibility index (Phi) is 6.80. The molecule has 1 aromatic heterocycles. The molecule has 5 nitrogen and oxygen atoms in total. The Morgan fingerprint density at radius 3 is 2.56 bits per heavy atom. The smallest absolute Gasteiger partial charge is 0.310 e. The van der Waals surface area contributed by atoms with Gasteiger partial charge in [-0.3, -0.25) is 4.79 Å². The number of carbonyl (C=O) groups is 1. The van der Waals surface area contributed by atoms with Gasteiger partial charge in [0.2, 0.25) is 5.91 Å². The van der Waals surface area contributed by atoms with Crippen LogP contribution in [0.15, 0.2) is 41.7 Å². The molecule has 2 aromatic rings. The van der Waals surface area contributed by atoms with Gasteiger partial charge in [0, 0.05) is 18.4 Å². The predicted octanol–water partition coefficient (Wildman–Crippen LogP) is 4.23. The highest BCUT2D eigenvalue weighted by Gasteiger charge is 2.33. The molecular weight excluding hydrogens is 377 g/mol. The summed E-state index contributed by atoms with van der Waals surface area (Å²) in [6, 6.07) is 10.00. The van der Waals surface area contributed by atoms with Crippen molar-refractivity contribution in [2.45, 2.75) is 36.9 Å². The topological polar surface area (TPSA) is 69.9 Å². The van der Waals surface area contributed by atoms with Crippen LogP contribution in [0.4, 0.5) is 18.9 Å². The molecule has 0 saturated carbocycles. The number of rotatable bonds is 6. The summed E-state index contributed by atoms with van der Waals surface area (Å²) in [5.41, 5.74) is 0.587. The van der Waals surface area contributed by atoms with Crippen LogP contribution in [0.3, 0.4) is 0 Å². The maximum Gasteiger partial charge on any atom is 0.433 e. The summed E-state index contributed by atoms with van der Waals surface area (Å²) in [6.45, 7) is 3.67. The van der Waals surface area contributed by atoms with Gasteiger partial charge in [0.1, 0.15) is 5.69 Å². The van der Waals surface area contributed by atoms with Gasteiger partial charge in [-0.05, 0) is 32.0 Å². The summed E-state index contributed by atoms with van der Waals surface area (Å²) >= 11 is 0.845. The predicted molar refractivity (Wildman–Crippen MR) is 96.1 cm³/mol. The molecule has 1 atom stereocenters. The van der Waals surface area contributed by atoms with Crippen LogP contribution in [0.5, 0.6) is 0 Å². The van der Waals surface area contributed by atoms with Crippen LogP contribution < -0.4 is 4.90 Å². The maximum atomic E-state index is 12.8. The van der Waals surface area contributed by atoms with Crippen LogP contribution in [0.2, 0.25) is 0 Å². The van der Waals surface area contributed by atoms with Crippen LogP contribution in [0.1, 0.15) is 24.6 Å². The number of anilines is 1. The Hall–Kier alpha value is -2.60. The second-order valence-electron chi connectivity index (χ2n) is 5.72. The Bertz CT molecular complexity index is 834. The molecular formula is C18H17F3N4OS. The lowest BCUT2D eigenvalue weighted by molar-refractivity contribution is -0.141. The first kappa shape index (κ1) is 20.7. The van der Waals surface area contributed by atoms with Gasteiger partial charge in [-0.25, -0.2) is 9.97 Å². The number of carbonyl (C=O) groups excluding carboxylic acids is 1. The third kappa shape index (κ3) is 5.69. The third-order valence-electron chi connectivity index (χ3n) is 3.61. The fourth-order valence-corrected chi connectivity index (χ4v) is 3.05. The molecule has 0 radical (unpaired) electrons. The van der Waals surface area contributed by atoms with Crippen LogP contribution in [0.25, 0.3) is 0 Å². The highest BCUT2D eigenvalue weighted by molar-refractivity contribution is 8.00. The van der Waals surface area contributed by atoms with E-state index < -0.39 is 17.1 Å². The monoisotopic (exact) mass is 394 g/mol. The minimum absolute atomic E-state index is 0.130. The summed E-state index contributed by atoms with van der Waals surface area (Å²) in [7, 11) is 0. The van der Waals surface area contributed by atoms with E-state index in [-0.39, 0.29) is 24.0 Å². The van der Waals surface area contributed by atoms with Gasteiger partial charge in [-0.2, -0.15) is 18.4 Å². The summed E-state index contributed by atoms with van der Waals surface area (Å²) in [5.74, 6) is -0.333. The zero-order valence-electron chi connectivity index (χ0n) is 14.7. The van der Waals surface area contributed by atoms with E-state index in [2.05, 4.69) is 9.97 Å². The minimum atomic E-state index is -4.58. The first-order valence-electron chi connectivity index (χ1n) is 8.04. The Morgan fingerprint density at radius 1 is 1.30 bits per heavy atom. The zero-order valence-corrected chi connectivity index (χ0v) is 15.5. The van der Waals surface area contributed by atoms with Crippen molar-refractivity contribution in [3.05, 3.63) is 47.8 Å². The van der Waals surface area contributed by atoms with E-state index in [9.17, 15) is 18.0 Å². The Balaban J connectivity index is 2.19. The molecule has 0 spiro atoms. The van der Waals surface area contributed by atoms with Crippen LogP contribution in [-0.2, 0) is 11.0 Å². The van der Waals surface area contributed by atoms with Gasteiger partial charge in [-0.15, -0.1) is 0 Å². The average Bonchev–Trinajstić information content (AvgIpc) is 2.62. The number of thioether (sulfide) groups is 1. The highest BCUT2D eigenvalue weighted by Crippen LogP contribution is 2.30. The van der Waals surface area contributed by atoms with Crippen LogP contribution in [0, 0.1) is 18.3 Å². The molecule has 1 unspecified atom stereocenters. The van der Waals surface area contributed by atoms with Crippen molar-refractivity contribution in [2.24, 2.45) is 0 Å². The summed E-state index contributed by atoms with van der Waals surface area (Å²) in [5, 5.41) is 7.99. The molecule has 0 aliphatic heterocycles. The molecule has 1 heterocycles. The Morgan fingerprint density at radius 2 is 1.96 bits per heavy atom. The number of hydrogen-bond acceptors (Lipinski definition) is 5. The van der Waals surface area contributed by atoms with Crippen molar-refractivity contribution in [2.75, 3.05) is 11.4 Å². The molecule has 0 bridgehead atoms. The number of nitrogens with zero attached hydrogens (tertiary/aromatic N) is 4. The highest BCUT2D eigenvalue weighted by atomic mass is 32.2. The molecule has 0 aliphatic carbocycles. The van der Waals surface area contributed by atoms with E-state index in [0.717, 1.165) is 29.6 Å². The van der Waals surface area contributed by atoms with E-state index in [1.54, 1.807) is 19.1 Å². The van der Waals surface area contributed by atoms with Gasteiger partial charge >= 0.3 is 6.18 Å². The molecule has 1 amide bonds. The zero-order chi connectivity index (χ0) is 20.0.